The molecule has 1 N–H and O–H groups in total. The second kappa shape index (κ2) is 7.32. The van der Waals surface area contributed by atoms with E-state index < -0.39 is 5.97 Å². The molecule has 0 bridgehead atoms. The highest BCUT2D eigenvalue weighted by Crippen LogP contribution is 2.34. The Balaban J connectivity index is 2.00. The zero-order valence-electron chi connectivity index (χ0n) is 12.6. The van der Waals surface area contributed by atoms with E-state index in [4.69, 9.17) is 21.4 Å². The Kier molecular flexibility index (Phi) is 5.44. The molecule has 1 aliphatic heterocycles. The molecule has 0 saturated carbocycles. The van der Waals surface area contributed by atoms with E-state index in [1.807, 2.05) is 0 Å². The molecule has 0 atom stereocenters. The van der Waals surface area contributed by atoms with Crippen LogP contribution in [-0.2, 0) is 14.4 Å². The lowest BCUT2D eigenvalue weighted by molar-refractivity contribution is -0.138. The van der Waals surface area contributed by atoms with Gasteiger partial charge in [0.2, 0.25) is 5.91 Å². The molecule has 0 fully saturated rings. The minimum atomic E-state index is -0.962. The highest BCUT2D eigenvalue weighted by atomic mass is 35.5. The Morgan fingerprint density at radius 3 is 2.83 bits per heavy atom. The number of carbonyl (C=O) groups excluding carboxylic acids is 2. The van der Waals surface area contributed by atoms with Crippen molar-refractivity contribution in [3.63, 3.8) is 0 Å². The van der Waals surface area contributed by atoms with Gasteiger partial charge in [-0.25, -0.2) is 0 Å². The number of anilines is 1. The van der Waals surface area contributed by atoms with Crippen LogP contribution >= 0.6 is 11.6 Å². The monoisotopic (exact) mass is 340 g/mol. The summed E-state index contributed by atoms with van der Waals surface area (Å²) in [4.78, 5) is 37.4. The van der Waals surface area contributed by atoms with Crippen molar-refractivity contribution < 1.29 is 24.2 Å². The Bertz CT molecular complexity index is 634. The molecule has 23 heavy (non-hydrogen) atoms. The van der Waals surface area contributed by atoms with Gasteiger partial charge >= 0.3 is 5.97 Å². The second-order valence-electron chi connectivity index (χ2n) is 5.16. The zero-order chi connectivity index (χ0) is 17.0. The van der Waals surface area contributed by atoms with Crippen LogP contribution in [0, 0.1) is 0 Å². The summed E-state index contributed by atoms with van der Waals surface area (Å²) >= 11 is 5.95. The van der Waals surface area contributed by atoms with Gasteiger partial charge in [-0.15, -0.1) is 0 Å². The summed E-state index contributed by atoms with van der Waals surface area (Å²) in [6.45, 7) is 0.233. The standard InChI is InChI=1S/C15H17ClN2O5/c1-17(6-5-15(21)22)13(19)4-7-18-11-8-10(16)2-3-12(11)23-9-14(18)20/h2-3,8H,4-7,9H2,1H3,(H,21,22). The SMILES string of the molecule is CN(CCC(=O)O)C(=O)CCN1C(=O)COc2ccc(Cl)cc21. The molecule has 1 aliphatic rings. The minimum Gasteiger partial charge on any atom is -0.482 e. The number of carboxylic acids is 1. The van der Waals surface area contributed by atoms with Gasteiger partial charge in [-0.2, -0.15) is 0 Å². The largest absolute Gasteiger partial charge is 0.482 e. The van der Waals surface area contributed by atoms with Crippen molar-refractivity contribution in [1.82, 2.24) is 4.90 Å². The molecule has 2 amide bonds. The van der Waals surface area contributed by atoms with Gasteiger partial charge in [0.15, 0.2) is 6.61 Å². The van der Waals surface area contributed by atoms with Gasteiger partial charge in [0.25, 0.3) is 5.91 Å². The maximum Gasteiger partial charge on any atom is 0.305 e. The maximum absolute atomic E-state index is 12.0. The van der Waals surface area contributed by atoms with Gasteiger partial charge in [0.1, 0.15) is 5.75 Å². The highest BCUT2D eigenvalue weighted by molar-refractivity contribution is 6.31. The number of carboxylic acid groups (broad SMARTS) is 1. The lowest BCUT2D eigenvalue weighted by atomic mass is 10.2. The van der Waals surface area contributed by atoms with Crippen molar-refractivity contribution in [2.75, 3.05) is 31.6 Å². The Labute approximate surface area is 138 Å². The first-order valence-electron chi connectivity index (χ1n) is 7.07. The van der Waals surface area contributed by atoms with Crippen molar-refractivity contribution in [3.05, 3.63) is 23.2 Å². The van der Waals surface area contributed by atoms with E-state index in [1.54, 1.807) is 18.2 Å². The van der Waals surface area contributed by atoms with E-state index in [0.717, 1.165) is 0 Å². The first-order chi connectivity index (χ1) is 10.9. The number of aliphatic carboxylic acids is 1. The first-order valence-corrected chi connectivity index (χ1v) is 7.44. The number of hydrogen-bond donors (Lipinski definition) is 1. The van der Waals surface area contributed by atoms with E-state index in [1.165, 1.54) is 16.8 Å². The number of fused-ring (bicyclic) bond motifs is 1. The fourth-order valence-corrected chi connectivity index (χ4v) is 2.37. The van der Waals surface area contributed by atoms with Crippen LogP contribution in [0.25, 0.3) is 0 Å². The summed E-state index contributed by atoms with van der Waals surface area (Å²) in [5.74, 6) is -0.896. The number of rotatable bonds is 6. The first kappa shape index (κ1) is 17.1. The summed E-state index contributed by atoms with van der Waals surface area (Å²) in [6.07, 6.45) is -0.0228. The van der Waals surface area contributed by atoms with Gasteiger partial charge in [-0.3, -0.25) is 14.4 Å². The number of halogens is 1. The smallest absolute Gasteiger partial charge is 0.305 e. The molecule has 0 unspecified atom stereocenters. The molecule has 124 valence electrons. The average molecular weight is 341 g/mol. The molecular weight excluding hydrogens is 324 g/mol. The number of amides is 2. The van der Waals surface area contributed by atoms with E-state index in [0.29, 0.717) is 16.5 Å². The molecule has 0 aromatic heterocycles. The van der Waals surface area contributed by atoms with Crippen molar-refractivity contribution >= 4 is 35.1 Å². The molecule has 1 aromatic rings. The molecular formula is C15H17ClN2O5. The van der Waals surface area contributed by atoms with E-state index >= 15 is 0 Å². The van der Waals surface area contributed by atoms with Crippen molar-refractivity contribution in [1.29, 1.82) is 0 Å². The Morgan fingerprint density at radius 1 is 1.39 bits per heavy atom. The van der Waals surface area contributed by atoms with E-state index in [9.17, 15) is 14.4 Å². The van der Waals surface area contributed by atoms with Crippen molar-refractivity contribution in [2.24, 2.45) is 0 Å². The van der Waals surface area contributed by atoms with Crippen molar-refractivity contribution in [2.45, 2.75) is 12.8 Å². The van der Waals surface area contributed by atoms with Crippen LogP contribution in [0.4, 0.5) is 5.69 Å². The van der Waals surface area contributed by atoms with Crippen LogP contribution in [0.1, 0.15) is 12.8 Å². The van der Waals surface area contributed by atoms with Crippen molar-refractivity contribution in [3.8, 4) is 5.75 Å². The molecule has 1 aromatic carbocycles. The predicted octanol–water partition coefficient (Wildman–Crippen LogP) is 1.39. The summed E-state index contributed by atoms with van der Waals surface area (Å²) in [6, 6.07) is 4.96. The van der Waals surface area contributed by atoms with Crippen LogP contribution < -0.4 is 9.64 Å². The predicted molar refractivity (Wildman–Crippen MR) is 83.8 cm³/mol. The molecule has 0 spiro atoms. The molecule has 7 nitrogen and oxygen atoms in total. The van der Waals surface area contributed by atoms with Gasteiger partial charge < -0.3 is 19.6 Å². The Hall–Kier alpha value is -2.28. The van der Waals surface area contributed by atoms with Gasteiger partial charge in [-0.05, 0) is 18.2 Å². The third-order valence-corrected chi connectivity index (χ3v) is 3.74. The number of carbonyl (C=O) groups is 3. The number of hydrogen-bond acceptors (Lipinski definition) is 4. The van der Waals surface area contributed by atoms with Gasteiger partial charge in [0.05, 0.1) is 12.1 Å². The second-order valence-corrected chi connectivity index (χ2v) is 5.59. The van der Waals surface area contributed by atoms with Crippen LogP contribution in [-0.4, -0.2) is 54.5 Å². The lowest BCUT2D eigenvalue weighted by Crippen LogP contribution is -2.41. The van der Waals surface area contributed by atoms with Gasteiger partial charge in [0, 0.05) is 31.6 Å². The molecule has 0 saturated heterocycles. The maximum atomic E-state index is 12.0. The van der Waals surface area contributed by atoms with Crippen LogP contribution in [0.2, 0.25) is 5.02 Å². The number of ether oxygens (including phenoxy) is 1. The Morgan fingerprint density at radius 2 is 2.13 bits per heavy atom. The average Bonchev–Trinajstić information content (AvgIpc) is 2.51. The summed E-state index contributed by atoms with van der Waals surface area (Å²) in [5, 5.41) is 9.10. The molecule has 2 rings (SSSR count). The molecule has 8 heteroatoms. The van der Waals surface area contributed by atoms with E-state index in [-0.39, 0.29) is 44.4 Å². The van der Waals surface area contributed by atoms with Crippen LogP contribution in [0.5, 0.6) is 5.75 Å². The quantitative estimate of drug-likeness (QED) is 0.845. The summed E-state index contributed by atoms with van der Waals surface area (Å²) < 4.78 is 5.33. The minimum absolute atomic E-state index is 0.0856. The lowest BCUT2D eigenvalue weighted by Gasteiger charge is -2.29. The summed E-state index contributed by atoms with van der Waals surface area (Å²) in [5.41, 5.74) is 0.537. The van der Waals surface area contributed by atoms with Crippen LogP contribution in [0.15, 0.2) is 18.2 Å². The normalized spacial score (nSPS) is 13.3. The molecule has 1 heterocycles. The molecule has 0 aliphatic carbocycles. The number of benzene rings is 1. The number of nitrogens with zero attached hydrogens (tertiary/aromatic N) is 2. The third-order valence-electron chi connectivity index (χ3n) is 3.50. The highest BCUT2D eigenvalue weighted by Gasteiger charge is 2.26. The molecule has 0 radical (unpaired) electrons. The fraction of sp³-hybridized carbons (Fsp3) is 0.400. The zero-order valence-corrected chi connectivity index (χ0v) is 13.4. The van der Waals surface area contributed by atoms with Crippen LogP contribution in [0.3, 0.4) is 0 Å². The fourth-order valence-electron chi connectivity index (χ4n) is 2.21. The van der Waals surface area contributed by atoms with E-state index in [2.05, 4.69) is 0 Å². The topological polar surface area (TPSA) is 87.2 Å². The van der Waals surface area contributed by atoms with Gasteiger partial charge in [-0.1, -0.05) is 11.6 Å². The summed E-state index contributed by atoms with van der Waals surface area (Å²) in [7, 11) is 1.54. The third kappa shape index (κ3) is 4.35.